The zero-order chi connectivity index (χ0) is 14.1. The minimum Gasteiger partial charge on any atom is -0.677 e. The van der Waals surface area contributed by atoms with Crippen LogP contribution in [0.15, 0.2) is 42.0 Å². The summed E-state index contributed by atoms with van der Waals surface area (Å²) in [5, 5.41) is 0. The molecule has 0 saturated carbocycles. The van der Waals surface area contributed by atoms with Crippen LogP contribution in [0.25, 0.3) is 11.3 Å². The van der Waals surface area contributed by atoms with Crippen molar-refractivity contribution in [2.75, 3.05) is 6.54 Å². The summed E-state index contributed by atoms with van der Waals surface area (Å²) in [6.07, 6.45) is 9.91. The Kier molecular flexibility index (Phi) is 19.1. The van der Waals surface area contributed by atoms with E-state index in [0.717, 1.165) is 19.3 Å². The molecule has 0 bridgehead atoms. The average Bonchev–Trinajstić information content (AvgIpc) is 2.86. The second-order valence-electron chi connectivity index (χ2n) is 4.75. The Morgan fingerprint density at radius 1 is 1.18 bits per heavy atom. The van der Waals surface area contributed by atoms with E-state index < -0.39 is 0 Å². The van der Waals surface area contributed by atoms with Gasteiger partial charge in [-0.15, -0.1) is 42.5 Å². The van der Waals surface area contributed by atoms with Crippen LogP contribution in [-0.4, -0.2) is 6.54 Å². The second-order valence-corrected chi connectivity index (χ2v) is 4.75. The molecule has 0 aromatic heterocycles. The molecule has 0 unspecified atom stereocenters. The van der Waals surface area contributed by atoms with Crippen molar-refractivity contribution >= 4 is 30.4 Å². The Balaban J connectivity index is -0.000000401. The van der Waals surface area contributed by atoms with Gasteiger partial charge in [0.2, 0.25) is 0 Å². The minimum atomic E-state index is 0. The molecule has 0 heterocycles. The molecule has 0 spiro atoms. The number of halogens is 2. The maximum Gasteiger partial charge on any atom is 2.00 e. The Morgan fingerprint density at radius 2 is 1.82 bits per heavy atom. The fraction of sp³-hybridized carbons (Fsp3) is 0.389. The summed E-state index contributed by atoms with van der Waals surface area (Å²) >= 11 is 0. The van der Waals surface area contributed by atoms with Gasteiger partial charge in [-0.05, 0) is 13.3 Å². The van der Waals surface area contributed by atoms with E-state index in [1.807, 2.05) is 0 Å². The topological polar surface area (TPSA) is 23.8 Å². The largest absolute Gasteiger partial charge is 2.00 e. The third-order valence-corrected chi connectivity index (χ3v) is 3.29. The van der Waals surface area contributed by atoms with E-state index in [-0.39, 0.29) is 46.5 Å². The van der Waals surface area contributed by atoms with Crippen LogP contribution in [0.2, 0.25) is 0 Å². The number of nitrogens with one attached hydrogen (secondary N) is 1. The van der Waals surface area contributed by atoms with Gasteiger partial charge in [0.15, 0.2) is 0 Å². The molecule has 0 amide bonds. The smallest absolute Gasteiger partial charge is 0.677 e. The zero-order valence-electron chi connectivity index (χ0n) is 13.7. The molecule has 0 fully saturated rings. The molecule has 0 atom stereocenters. The first-order valence-corrected chi connectivity index (χ1v) is 7.14. The number of hydrogen-bond acceptors (Lipinski definition) is 0. The third-order valence-electron chi connectivity index (χ3n) is 3.29. The maximum absolute atomic E-state index is 6.60. The molecule has 1 N–H and O–H groups in total. The van der Waals surface area contributed by atoms with Crippen molar-refractivity contribution in [1.82, 2.24) is 0 Å². The first kappa shape index (κ1) is 26.7. The van der Waals surface area contributed by atoms with E-state index in [2.05, 4.69) is 63.6 Å². The Morgan fingerprint density at radius 3 is 2.23 bits per heavy atom. The fourth-order valence-electron chi connectivity index (χ4n) is 2.14. The molecule has 1 aromatic rings. The van der Waals surface area contributed by atoms with Gasteiger partial charge in [0.05, 0.1) is 0 Å². The molecular formula is C18H27Cl2NTi. The van der Waals surface area contributed by atoms with Crippen LogP contribution < -0.4 is 0 Å². The molecule has 4 heteroatoms. The van der Waals surface area contributed by atoms with Crippen molar-refractivity contribution in [3.63, 3.8) is 0 Å². The van der Waals surface area contributed by atoms with Crippen molar-refractivity contribution in [3.05, 3.63) is 65.3 Å². The van der Waals surface area contributed by atoms with Crippen molar-refractivity contribution < 1.29 is 21.7 Å². The molecule has 0 saturated heterocycles. The Hall–Kier alpha value is -0.176. The van der Waals surface area contributed by atoms with Crippen LogP contribution in [0.5, 0.6) is 0 Å². The Bertz CT molecular complexity index is 454. The molecule has 2 rings (SSSR count). The number of hydrogen-bond donors (Lipinski definition) is 0. The van der Waals surface area contributed by atoms with Gasteiger partial charge in [0.25, 0.3) is 0 Å². The molecule has 0 aliphatic heterocycles. The molecule has 1 nitrogen and oxygen atoms in total. The van der Waals surface area contributed by atoms with Gasteiger partial charge < -0.3 is 5.73 Å². The number of rotatable bonds is 4. The first-order chi connectivity index (χ1) is 9.24. The number of benzene rings is 1. The summed E-state index contributed by atoms with van der Waals surface area (Å²) in [5.74, 6) is 0. The molecule has 122 valence electrons. The van der Waals surface area contributed by atoms with E-state index in [4.69, 9.17) is 5.73 Å². The van der Waals surface area contributed by atoms with Gasteiger partial charge in [0.1, 0.15) is 0 Å². The Labute approximate surface area is 163 Å². The average molecular weight is 376 g/mol. The summed E-state index contributed by atoms with van der Waals surface area (Å²) in [4.78, 5) is 0. The van der Waals surface area contributed by atoms with Crippen LogP contribution >= 0.6 is 24.8 Å². The molecule has 1 aromatic carbocycles. The van der Waals surface area contributed by atoms with E-state index in [1.165, 1.54) is 22.3 Å². The molecular weight excluding hydrogens is 349 g/mol. The summed E-state index contributed by atoms with van der Waals surface area (Å²) < 4.78 is 0. The fourth-order valence-corrected chi connectivity index (χ4v) is 2.14. The normalized spacial score (nSPS) is 11.5. The molecule has 0 radical (unpaired) electrons. The quantitative estimate of drug-likeness (QED) is 0.414. The SMILES string of the molecule is CCCC[NH-].C[CH-]c1ccccc1C1=C(C)C=CC1.Cl.Cl.[Ti+2]. The van der Waals surface area contributed by atoms with Crippen LogP contribution in [0.4, 0.5) is 0 Å². The maximum atomic E-state index is 6.60. The van der Waals surface area contributed by atoms with E-state index in [0.29, 0.717) is 6.54 Å². The van der Waals surface area contributed by atoms with Gasteiger partial charge in [-0.2, -0.15) is 24.6 Å². The minimum absolute atomic E-state index is 0. The number of allylic oxidation sites excluding steroid dienone is 4. The summed E-state index contributed by atoms with van der Waals surface area (Å²) in [5.41, 5.74) is 12.2. The first-order valence-electron chi connectivity index (χ1n) is 7.14. The van der Waals surface area contributed by atoms with Crippen LogP contribution in [0, 0.1) is 6.42 Å². The van der Waals surface area contributed by atoms with Gasteiger partial charge in [-0.25, -0.2) is 0 Å². The van der Waals surface area contributed by atoms with Crippen LogP contribution in [0.3, 0.4) is 0 Å². The summed E-state index contributed by atoms with van der Waals surface area (Å²) in [6.45, 7) is 6.97. The molecule has 22 heavy (non-hydrogen) atoms. The van der Waals surface area contributed by atoms with Crippen molar-refractivity contribution in [2.24, 2.45) is 0 Å². The van der Waals surface area contributed by atoms with E-state index in [9.17, 15) is 0 Å². The third kappa shape index (κ3) is 8.46. The second kappa shape index (κ2) is 15.7. The van der Waals surface area contributed by atoms with Crippen molar-refractivity contribution in [2.45, 2.75) is 40.0 Å². The predicted molar refractivity (Wildman–Crippen MR) is 100 cm³/mol. The zero-order valence-corrected chi connectivity index (χ0v) is 16.9. The van der Waals surface area contributed by atoms with Gasteiger partial charge >= 0.3 is 21.7 Å². The molecule has 1 aliphatic carbocycles. The predicted octanol–water partition coefficient (Wildman–Crippen LogP) is 6.67. The van der Waals surface area contributed by atoms with Gasteiger partial charge in [-0.1, -0.05) is 56.1 Å². The van der Waals surface area contributed by atoms with Crippen molar-refractivity contribution in [3.8, 4) is 0 Å². The van der Waals surface area contributed by atoms with Crippen molar-refractivity contribution in [1.29, 1.82) is 0 Å². The monoisotopic (exact) mass is 375 g/mol. The van der Waals surface area contributed by atoms with Gasteiger partial charge in [-0.3, -0.25) is 0 Å². The summed E-state index contributed by atoms with van der Waals surface area (Å²) in [6, 6.07) is 8.59. The summed E-state index contributed by atoms with van der Waals surface area (Å²) in [7, 11) is 0. The van der Waals surface area contributed by atoms with E-state index in [1.54, 1.807) is 0 Å². The molecule has 1 aliphatic rings. The van der Waals surface area contributed by atoms with E-state index >= 15 is 0 Å². The number of unbranched alkanes of at least 4 members (excludes halogenated alkanes) is 1. The van der Waals surface area contributed by atoms with Crippen LogP contribution in [-0.2, 0) is 21.7 Å². The van der Waals surface area contributed by atoms with Gasteiger partial charge in [0, 0.05) is 0 Å². The van der Waals surface area contributed by atoms with Crippen LogP contribution in [0.1, 0.15) is 51.2 Å². The standard InChI is InChI=1S/C14H15.C4H10N.2ClH.Ti/c1-3-12-8-4-5-9-14(12)13-10-6-7-11(13)2;1-2-3-4-5;;;/h3-9H,10H2,1-2H3;5H,2-4H2,1H3;2*1H;/q2*-1;;;+2.